The normalized spacial score (nSPS) is 14.0. The first-order valence-electron chi connectivity index (χ1n) is 6.40. The first-order chi connectivity index (χ1) is 9.06. The molecule has 0 unspecified atom stereocenters. The molecule has 4 nitrogen and oxygen atoms in total. The Labute approximate surface area is 111 Å². The highest BCUT2D eigenvalue weighted by Crippen LogP contribution is 2.18. The quantitative estimate of drug-likeness (QED) is 0.847. The summed E-state index contributed by atoms with van der Waals surface area (Å²) in [6, 6.07) is 4.53. The highest BCUT2D eigenvalue weighted by atomic mass is 19.1. The lowest BCUT2D eigenvalue weighted by Crippen LogP contribution is -2.31. The van der Waals surface area contributed by atoms with Crippen LogP contribution in [0, 0.1) is 12.7 Å². The van der Waals surface area contributed by atoms with Gasteiger partial charge < -0.3 is 10.6 Å². The van der Waals surface area contributed by atoms with E-state index in [-0.39, 0.29) is 30.6 Å². The first-order valence-corrected chi connectivity index (χ1v) is 6.40. The zero-order chi connectivity index (χ0) is 13.8. The Balaban J connectivity index is 1.76. The number of hydrogen-bond acceptors (Lipinski definition) is 2. The molecule has 1 aliphatic rings. The topological polar surface area (TPSA) is 58.2 Å². The van der Waals surface area contributed by atoms with Gasteiger partial charge in [0.15, 0.2) is 0 Å². The Morgan fingerprint density at radius 2 is 2.11 bits per heavy atom. The summed E-state index contributed by atoms with van der Waals surface area (Å²) in [4.78, 5) is 23.2. The van der Waals surface area contributed by atoms with E-state index in [9.17, 15) is 14.0 Å². The van der Waals surface area contributed by atoms with Gasteiger partial charge >= 0.3 is 0 Å². The maximum Gasteiger partial charge on any atom is 0.251 e. The van der Waals surface area contributed by atoms with Crippen LogP contribution >= 0.6 is 0 Å². The molecular formula is C14H17FN2O2. The molecule has 0 bridgehead atoms. The van der Waals surface area contributed by atoms with Crippen LogP contribution in [-0.4, -0.2) is 24.4 Å². The van der Waals surface area contributed by atoms with Crippen molar-refractivity contribution in [3.05, 3.63) is 35.1 Å². The molecule has 1 aromatic rings. The number of hydrogen-bond donors (Lipinski definition) is 2. The maximum absolute atomic E-state index is 13.1. The van der Waals surface area contributed by atoms with Gasteiger partial charge in [-0.15, -0.1) is 0 Å². The molecule has 0 heterocycles. The fourth-order valence-corrected chi connectivity index (χ4v) is 1.71. The third-order valence-electron chi connectivity index (χ3n) is 3.00. The van der Waals surface area contributed by atoms with Gasteiger partial charge in [-0.05, 0) is 43.5 Å². The number of amides is 2. The van der Waals surface area contributed by atoms with E-state index < -0.39 is 0 Å². The highest BCUT2D eigenvalue weighted by molar-refractivity contribution is 5.94. The molecule has 0 spiro atoms. The van der Waals surface area contributed by atoms with Gasteiger partial charge in [0.25, 0.3) is 5.91 Å². The van der Waals surface area contributed by atoms with Crippen molar-refractivity contribution in [1.29, 1.82) is 0 Å². The van der Waals surface area contributed by atoms with E-state index in [2.05, 4.69) is 10.6 Å². The molecular weight excluding hydrogens is 247 g/mol. The largest absolute Gasteiger partial charge is 0.353 e. The molecule has 2 N–H and O–H groups in total. The van der Waals surface area contributed by atoms with E-state index in [4.69, 9.17) is 0 Å². The van der Waals surface area contributed by atoms with Crippen LogP contribution in [0.3, 0.4) is 0 Å². The summed E-state index contributed by atoms with van der Waals surface area (Å²) < 4.78 is 13.1. The van der Waals surface area contributed by atoms with Crippen LogP contribution in [0.5, 0.6) is 0 Å². The van der Waals surface area contributed by atoms with Crippen molar-refractivity contribution in [2.45, 2.75) is 32.2 Å². The first kappa shape index (κ1) is 13.5. The van der Waals surface area contributed by atoms with Crippen molar-refractivity contribution in [2.24, 2.45) is 0 Å². The molecule has 2 amide bonds. The number of benzene rings is 1. The van der Waals surface area contributed by atoms with E-state index in [1.54, 1.807) is 6.92 Å². The van der Waals surface area contributed by atoms with Crippen molar-refractivity contribution < 1.29 is 14.0 Å². The number of carbonyl (C=O) groups is 2. The smallest absolute Gasteiger partial charge is 0.251 e. The van der Waals surface area contributed by atoms with Gasteiger partial charge in [-0.1, -0.05) is 0 Å². The van der Waals surface area contributed by atoms with Crippen molar-refractivity contribution in [3.8, 4) is 0 Å². The third kappa shape index (κ3) is 4.05. The molecule has 1 aromatic carbocycles. The Morgan fingerprint density at radius 1 is 1.37 bits per heavy atom. The molecule has 0 saturated heterocycles. The Bertz CT molecular complexity index is 498. The summed E-state index contributed by atoms with van der Waals surface area (Å²) in [7, 11) is 0. The molecule has 0 radical (unpaired) electrons. The lowest BCUT2D eigenvalue weighted by atomic mass is 10.1. The molecule has 1 saturated carbocycles. The summed E-state index contributed by atoms with van der Waals surface area (Å²) in [6.45, 7) is 1.89. The Morgan fingerprint density at radius 3 is 2.74 bits per heavy atom. The summed E-state index contributed by atoms with van der Waals surface area (Å²) in [6.07, 6.45) is 2.36. The van der Waals surface area contributed by atoms with Crippen LogP contribution in [-0.2, 0) is 4.79 Å². The minimum absolute atomic E-state index is 0.0434. The van der Waals surface area contributed by atoms with Gasteiger partial charge in [0, 0.05) is 24.6 Å². The van der Waals surface area contributed by atoms with Gasteiger partial charge in [-0.25, -0.2) is 4.39 Å². The Hall–Kier alpha value is -1.91. The standard InChI is InChI=1S/C14H17FN2O2/c1-9-8-10(2-5-12(9)15)14(19)16-7-6-13(18)17-11-3-4-11/h2,5,8,11H,3-4,6-7H2,1H3,(H,16,19)(H,17,18). The zero-order valence-electron chi connectivity index (χ0n) is 10.8. The lowest BCUT2D eigenvalue weighted by Gasteiger charge is -2.06. The van der Waals surface area contributed by atoms with Gasteiger partial charge in [0.2, 0.25) is 5.91 Å². The fourth-order valence-electron chi connectivity index (χ4n) is 1.71. The number of carbonyl (C=O) groups excluding carboxylic acids is 2. The zero-order valence-corrected chi connectivity index (χ0v) is 10.8. The number of halogens is 1. The van der Waals surface area contributed by atoms with E-state index in [1.807, 2.05) is 0 Å². The minimum atomic E-state index is -0.333. The van der Waals surface area contributed by atoms with Crippen LogP contribution in [0.25, 0.3) is 0 Å². The van der Waals surface area contributed by atoms with Crippen LogP contribution in [0.15, 0.2) is 18.2 Å². The summed E-state index contributed by atoms with van der Waals surface area (Å²) >= 11 is 0. The van der Waals surface area contributed by atoms with Gasteiger partial charge in [-0.2, -0.15) is 0 Å². The second-order valence-electron chi connectivity index (χ2n) is 4.81. The molecule has 102 valence electrons. The van der Waals surface area contributed by atoms with Crippen molar-refractivity contribution >= 4 is 11.8 Å². The average molecular weight is 264 g/mol. The maximum atomic E-state index is 13.1. The van der Waals surface area contributed by atoms with E-state index in [0.717, 1.165) is 12.8 Å². The lowest BCUT2D eigenvalue weighted by molar-refractivity contribution is -0.121. The van der Waals surface area contributed by atoms with Crippen molar-refractivity contribution in [3.63, 3.8) is 0 Å². The number of rotatable bonds is 5. The number of nitrogens with one attached hydrogen (secondary N) is 2. The van der Waals surface area contributed by atoms with E-state index in [0.29, 0.717) is 17.2 Å². The fraction of sp³-hybridized carbons (Fsp3) is 0.429. The highest BCUT2D eigenvalue weighted by Gasteiger charge is 2.22. The molecule has 19 heavy (non-hydrogen) atoms. The molecule has 5 heteroatoms. The van der Waals surface area contributed by atoms with Crippen molar-refractivity contribution in [1.82, 2.24) is 10.6 Å². The molecule has 0 aliphatic heterocycles. The van der Waals surface area contributed by atoms with Gasteiger partial charge in [0.1, 0.15) is 5.82 Å². The monoisotopic (exact) mass is 264 g/mol. The van der Waals surface area contributed by atoms with Crippen LogP contribution in [0.1, 0.15) is 35.2 Å². The van der Waals surface area contributed by atoms with Gasteiger partial charge in [0.05, 0.1) is 0 Å². The number of aryl methyl sites for hydroxylation is 1. The predicted molar refractivity (Wildman–Crippen MR) is 69.3 cm³/mol. The third-order valence-corrected chi connectivity index (χ3v) is 3.00. The SMILES string of the molecule is Cc1cc(C(=O)NCCC(=O)NC2CC2)ccc1F. The second kappa shape index (κ2) is 5.82. The molecule has 0 aromatic heterocycles. The van der Waals surface area contributed by atoms with Crippen LogP contribution in [0.4, 0.5) is 4.39 Å². The average Bonchev–Trinajstić information content (AvgIpc) is 3.16. The van der Waals surface area contributed by atoms with Crippen LogP contribution < -0.4 is 10.6 Å². The molecule has 1 aliphatic carbocycles. The Kier molecular flexibility index (Phi) is 4.14. The van der Waals surface area contributed by atoms with Crippen molar-refractivity contribution in [2.75, 3.05) is 6.54 Å². The molecule has 0 atom stereocenters. The summed E-state index contributed by atoms with van der Waals surface area (Å²) in [5, 5.41) is 5.49. The van der Waals surface area contributed by atoms with Crippen LogP contribution in [0.2, 0.25) is 0 Å². The minimum Gasteiger partial charge on any atom is -0.353 e. The van der Waals surface area contributed by atoms with Gasteiger partial charge in [-0.3, -0.25) is 9.59 Å². The van der Waals surface area contributed by atoms with E-state index in [1.165, 1.54) is 18.2 Å². The predicted octanol–water partition coefficient (Wildman–Crippen LogP) is 1.53. The molecule has 2 rings (SSSR count). The summed E-state index contributed by atoms with van der Waals surface area (Å²) in [5.74, 6) is -0.666. The second-order valence-corrected chi connectivity index (χ2v) is 4.81. The molecule has 1 fully saturated rings. The van der Waals surface area contributed by atoms with E-state index >= 15 is 0 Å². The summed E-state index contributed by atoms with van der Waals surface area (Å²) in [5.41, 5.74) is 0.834.